The lowest BCUT2D eigenvalue weighted by atomic mass is 10.0. The Labute approximate surface area is 129 Å². The van der Waals surface area contributed by atoms with Gasteiger partial charge in [0.25, 0.3) is 0 Å². The van der Waals surface area contributed by atoms with E-state index in [2.05, 4.69) is 59.7 Å². The summed E-state index contributed by atoms with van der Waals surface area (Å²) in [6.45, 7) is 17.3. The summed E-state index contributed by atoms with van der Waals surface area (Å²) in [5.74, 6) is 0.904. The van der Waals surface area contributed by atoms with Gasteiger partial charge in [0, 0.05) is 0 Å². The molecule has 0 N–H and O–H groups in total. The second kappa shape index (κ2) is 14.6. The van der Waals surface area contributed by atoms with Gasteiger partial charge in [0.1, 0.15) is 0 Å². The largest absolute Gasteiger partial charge is 0.0683 e. The predicted octanol–water partition coefficient (Wildman–Crippen LogP) is 7.11. The number of rotatable bonds is 5. The number of unbranched alkanes of at least 4 members (excludes halogenated alkanes) is 2. The van der Waals surface area contributed by atoms with Crippen LogP contribution in [0, 0.1) is 19.8 Å². The molecule has 0 spiro atoms. The lowest BCUT2D eigenvalue weighted by molar-refractivity contribution is 0.534. The Kier molecular flexibility index (Phi) is 15.7. The Hall–Kier alpha value is -0.780. The van der Waals surface area contributed by atoms with Crippen molar-refractivity contribution in [3.05, 3.63) is 34.9 Å². The van der Waals surface area contributed by atoms with E-state index in [0.29, 0.717) is 0 Å². The molecule has 0 aliphatic carbocycles. The van der Waals surface area contributed by atoms with Gasteiger partial charge in [-0.25, -0.2) is 0 Å². The molecule has 0 heterocycles. The molecular formula is C20H38. The van der Waals surface area contributed by atoms with Crippen LogP contribution in [0.25, 0.3) is 0 Å². The molecule has 118 valence electrons. The lowest BCUT2D eigenvalue weighted by Crippen LogP contribution is -1.86. The summed E-state index contributed by atoms with van der Waals surface area (Å²) in [6, 6.07) is 6.61. The first-order valence-electron chi connectivity index (χ1n) is 8.57. The summed E-state index contributed by atoms with van der Waals surface area (Å²) >= 11 is 0. The van der Waals surface area contributed by atoms with Crippen molar-refractivity contribution in [3.8, 4) is 0 Å². The van der Waals surface area contributed by atoms with Gasteiger partial charge in [0.05, 0.1) is 0 Å². The maximum Gasteiger partial charge on any atom is -0.0305 e. The average molecular weight is 279 g/mol. The minimum absolute atomic E-state index is 0.904. The van der Waals surface area contributed by atoms with Crippen LogP contribution in [0.4, 0.5) is 0 Å². The third-order valence-electron chi connectivity index (χ3n) is 3.27. The fourth-order valence-electron chi connectivity index (χ4n) is 1.98. The van der Waals surface area contributed by atoms with E-state index in [1.807, 2.05) is 13.8 Å². The molecule has 1 aromatic rings. The smallest absolute Gasteiger partial charge is 0.0305 e. The summed E-state index contributed by atoms with van der Waals surface area (Å²) < 4.78 is 0. The SMILES string of the molecule is CC.CCCCCC(C)C.CCc1cc(C)ccc1C. The van der Waals surface area contributed by atoms with Crippen LogP contribution in [0.1, 0.15) is 83.9 Å². The minimum Gasteiger partial charge on any atom is -0.0683 e. The van der Waals surface area contributed by atoms with Gasteiger partial charge >= 0.3 is 0 Å². The van der Waals surface area contributed by atoms with Crippen molar-refractivity contribution in [2.75, 3.05) is 0 Å². The highest BCUT2D eigenvalue weighted by Crippen LogP contribution is 2.10. The molecule has 0 amide bonds. The van der Waals surface area contributed by atoms with E-state index < -0.39 is 0 Å². The van der Waals surface area contributed by atoms with Crippen LogP contribution in [-0.2, 0) is 6.42 Å². The highest BCUT2D eigenvalue weighted by atomic mass is 14.0. The first-order chi connectivity index (χ1) is 9.51. The van der Waals surface area contributed by atoms with Crippen molar-refractivity contribution < 1.29 is 0 Å². The Morgan fingerprint density at radius 1 is 0.950 bits per heavy atom. The third kappa shape index (κ3) is 12.3. The van der Waals surface area contributed by atoms with Crippen molar-refractivity contribution in [1.29, 1.82) is 0 Å². The Morgan fingerprint density at radius 3 is 1.95 bits per heavy atom. The summed E-state index contributed by atoms with van der Waals surface area (Å²) in [5, 5.41) is 0. The second-order valence-corrected chi connectivity index (χ2v) is 5.67. The predicted molar refractivity (Wildman–Crippen MR) is 95.6 cm³/mol. The molecule has 0 saturated heterocycles. The van der Waals surface area contributed by atoms with Crippen molar-refractivity contribution in [1.82, 2.24) is 0 Å². The van der Waals surface area contributed by atoms with E-state index in [4.69, 9.17) is 0 Å². The van der Waals surface area contributed by atoms with Gasteiger partial charge in [-0.3, -0.25) is 0 Å². The molecule has 1 aromatic carbocycles. The molecule has 0 aliphatic rings. The number of hydrogen-bond acceptors (Lipinski definition) is 0. The van der Waals surface area contributed by atoms with Crippen LogP contribution < -0.4 is 0 Å². The summed E-state index contributed by atoms with van der Waals surface area (Å²) in [7, 11) is 0. The highest BCUT2D eigenvalue weighted by molar-refractivity contribution is 5.30. The molecule has 0 nitrogen and oxygen atoms in total. The molecule has 0 bridgehead atoms. The fourth-order valence-corrected chi connectivity index (χ4v) is 1.98. The first-order valence-corrected chi connectivity index (χ1v) is 8.57. The molecule has 20 heavy (non-hydrogen) atoms. The zero-order valence-electron chi connectivity index (χ0n) is 15.3. The van der Waals surface area contributed by atoms with E-state index in [1.165, 1.54) is 42.4 Å². The lowest BCUT2D eigenvalue weighted by Gasteiger charge is -2.02. The Morgan fingerprint density at radius 2 is 1.55 bits per heavy atom. The normalized spacial score (nSPS) is 9.45. The molecule has 0 aliphatic heterocycles. The third-order valence-corrected chi connectivity index (χ3v) is 3.27. The van der Waals surface area contributed by atoms with E-state index in [-0.39, 0.29) is 0 Å². The summed E-state index contributed by atoms with van der Waals surface area (Å²) in [6.07, 6.45) is 6.75. The second-order valence-electron chi connectivity index (χ2n) is 5.67. The van der Waals surface area contributed by atoms with Gasteiger partial charge in [-0.2, -0.15) is 0 Å². The van der Waals surface area contributed by atoms with E-state index >= 15 is 0 Å². The molecule has 0 aromatic heterocycles. The van der Waals surface area contributed by atoms with Gasteiger partial charge < -0.3 is 0 Å². The quantitative estimate of drug-likeness (QED) is 0.503. The molecular weight excluding hydrogens is 240 g/mol. The van der Waals surface area contributed by atoms with Crippen molar-refractivity contribution in [2.24, 2.45) is 5.92 Å². The monoisotopic (exact) mass is 278 g/mol. The Balaban J connectivity index is 0. The molecule has 0 atom stereocenters. The maximum absolute atomic E-state index is 2.29. The van der Waals surface area contributed by atoms with Gasteiger partial charge in [-0.05, 0) is 37.3 Å². The molecule has 0 heteroatoms. The molecule has 0 saturated carbocycles. The van der Waals surface area contributed by atoms with Crippen LogP contribution in [0.3, 0.4) is 0 Å². The van der Waals surface area contributed by atoms with Crippen LogP contribution in [0.5, 0.6) is 0 Å². The molecule has 0 unspecified atom stereocenters. The van der Waals surface area contributed by atoms with Crippen LogP contribution >= 0.6 is 0 Å². The van der Waals surface area contributed by atoms with E-state index in [0.717, 1.165) is 12.3 Å². The van der Waals surface area contributed by atoms with Gasteiger partial charge in [0.2, 0.25) is 0 Å². The summed E-state index contributed by atoms with van der Waals surface area (Å²) in [5.41, 5.74) is 4.25. The fraction of sp³-hybridized carbons (Fsp3) is 0.700. The zero-order chi connectivity index (χ0) is 16.0. The number of aryl methyl sites for hydroxylation is 3. The first kappa shape index (κ1) is 21.5. The minimum atomic E-state index is 0.904. The molecule has 0 fully saturated rings. The van der Waals surface area contributed by atoms with E-state index in [9.17, 15) is 0 Å². The number of benzene rings is 1. The van der Waals surface area contributed by atoms with Crippen LogP contribution in [0.2, 0.25) is 0 Å². The maximum atomic E-state index is 2.29. The molecule has 0 radical (unpaired) electrons. The van der Waals surface area contributed by atoms with Crippen molar-refractivity contribution in [2.45, 2.75) is 87.5 Å². The van der Waals surface area contributed by atoms with Gasteiger partial charge in [0.15, 0.2) is 0 Å². The van der Waals surface area contributed by atoms with Crippen molar-refractivity contribution >= 4 is 0 Å². The zero-order valence-corrected chi connectivity index (χ0v) is 15.3. The Bertz CT molecular complexity index is 310. The van der Waals surface area contributed by atoms with Gasteiger partial charge in [-0.1, -0.05) is 91.0 Å². The van der Waals surface area contributed by atoms with Crippen LogP contribution in [-0.4, -0.2) is 0 Å². The number of hydrogen-bond donors (Lipinski definition) is 0. The van der Waals surface area contributed by atoms with Gasteiger partial charge in [-0.15, -0.1) is 0 Å². The average Bonchev–Trinajstić information content (AvgIpc) is 2.44. The van der Waals surface area contributed by atoms with Crippen molar-refractivity contribution in [3.63, 3.8) is 0 Å². The summed E-state index contributed by atoms with van der Waals surface area (Å²) in [4.78, 5) is 0. The highest BCUT2D eigenvalue weighted by Gasteiger charge is 1.93. The molecule has 1 rings (SSSR count). The van der Waals surface area contributed by atoms with Crippen LogP contribution in [0.15, 0.2) is 18.2 Å². The topological polar surface area (TPSA) is 0 Å². The van der Waals surface area contributed by atoms with E-state index in [1.54, 1.807) is 0 Å². The standard InChI is InChI=1S/C10H14.C8H18.C2H6/c1-4-10-7-8(2)5-6-9(10)3;1-4-5-6-7-8(2)3;1-2/h5-7H,4H2,1-3H3;8H,4-7H2,1-3H3;1-2H3.